The van der Waals surface area contributed by atoms with Gasteiger partial charge in [-0.25, -0.2) is 8.78 Å². The number of hydrogen-bond donors (Lipinski definition) is 1. The van der Waals surface area contributed by atoms with Gasteiger partial charge in [0.2, 0.25) is 0 Å². The molecule has 6 heteroatoms. The number of carbonyl (C=O) groups excluding carboxylic acids is 1. The van der Waals surface area contributed by atoms with Gasteiger partial charge in [0.25, 0.3) is 0 Å². The van der Waals surface area contributed by atoms with Crippen LogP contribution in [0, 0.1) is 11.6 Å². The molecule has 3 nitrogen and oxygen atoms in total. The lowest BCUT2D eigenvalue weighted by Crippen LogP contribution is -2.33. The molecule has 2 N–H and O–H groups in total. The number of hydrogen-bond acceptors (Lipinski definition) is 3. The quantitative estimate of drug-likeness (QED) is 0.827. The highest BCUT2D eigenvalue weighted by atomic mass is 35.5. The van der Waals surface area contributed by atoms with Crippen LogP contribution in [0.1, 0.15) is 5.56 Å². The van der Waals surface area contributed by atoms with E-state index < -0.39 is 23.6 Å². The first-order valence-corrected chi connectivity index (χ1v) is 4.32. The Kier molecular flexibility index (Phi) is 5.92. The summed E-state index contributed by atoms with van der Waals surface area (Å²) in [5, 5.41) is 0. The number of methoxy groups -OCH3 is 1. The van der Waals surface area contributed by atoms with Crippen LogP contribution < -0.4 is 5.73 Å². The minimum Gasteiger partial charge on any atom is -0.468 e. The Morgan fingerprint density at radius 1 is 1.50 bits per heavy atom. The maximum absolute atomic E-state index is 13.1. The fraction of sp³-hybridized carbons (Fsp3) is 0.300. The average Bonchev–Trinajstić information content (AvgIpc) is 2.20. The van der Waals surface area contributed by atoms with Gasteiger partial charge in [0, 0.05) is 12.5 Å². The average molecular weight is 252 g/mol. The Morgan fingerprint density at radius 3 is 2.62 bits per heavy atom. The molecule has 0 heterocycles. The number of rotatable bonds is 3. The summed E-state index contributed by atoms with van der Waals surface area (Å²) in [5.41, 5.74) is 5.62. The van der Waals surface area contributed by atoms with E-state index in [1.807, 2.05) is 0 Å². The van der Waals surface area contributed by atoms with Crippen molar-refractivity contribution >= 4 is 18.4 Å². The van der Waals surface area contributed by atoms with Crippen LogP contribution in [0.25, 0.3) is 0 Å². The topological polar surface area (TPSA) is 52.3 Å². The van der Waals surface area contributed by atoms with Crippen molar-refractivity contribution in [1.82, 2.24) is 0 Å². The van der Waals surface area contributed by atoms with Crippen LogP contribution in [0.3, 0.4) is 0 Å². The highest BCUT2D eigenvalue weighted by Gasteiger charge is 2.16. The lowest BCUT2D eigenvalue weighted by molar-refractivity contribution is -0.142. The molecule has 0 amide bonds. The number of ether oxygens (including phenoxy) is 1. The highest BCUT2D eigenvalue weighted by molar-refractivity contribution is 5.85. The van der Waals surface area contributed by atoms with Crippen LogP contribution in [-0.4, -0.2) is 19.1 Å². The summed E-state index contributed by atoms with van der Waals surface area (Å²) in [6.07, 6.45) is -0.0151. The fourth-order valence-corrected chi connectivity index (χ4v) is 1.16. The molecular weight excluding hydrogens is 240 g/mol. The lowest BCUT2D eigenvalue weighted by atomic mass is 10.1. The normalized spacial score (nSPS) is 11.5. The van der Waals surface area contributed by atoms with E-state index in [1.54, 1.807) is 0 Å². The Balaban J connectivity index is 0.00000225. The summed E-state index contributed by atoms with van der Waals surface area (Å²) in [7, 11) is 1.20. The van der Waals surface area contributed by atoms with E-state index in [0.717, 1.165) is 12.1 Å². The van der Waals surface area contributed by atoms with Crippen molar-refractivity contribution in [2.75, 3.05) is 7.11 Å². The van der Waals surface area contributed by atoms with E-state index in [2.05, 4.69) is 4.74 Å². The van der Waals surface area contributed by atoms with Crippen molar-refractivity contribution in [3.8, 4) is 0 Å². The van der Waals surface area contributed by atoms with Crippen molar-refractivity contribution < 1.29 is 18.3 Å². The molecule has 0 unspecified atom stereocenters. The van der Waals surface area contributed by atoms with Crippen molar-refractivity contribution in [1.29, 1.82) is 0 Å². The Morgan fingerprint density at radius 2 is 2.12 bits per heavy atom. The van der Waals surface area contributed by atoms with Crippen molar-refractivity contribution in [2.45, 2.75) is 12.5 Å². The van der Waals surface area contributed by atoms with Gasteiger partial charge in [-0.15, -0.1) is 12.4 Å². The first-order valence-electron chi connectivity index (χ1n) is 4.32. The van der Waals surface area contributed by atoms with Gasteiger partial charge in [-0.1, -0.05) is 6.07 Å². The van der Waals surface area contributed by atoms with Gasteiger partial charge in [-0.05, 0) is 11.6 Å². The van der Waals surface area contributed by atoms with E-state index in [4.69, 9.17) is 5.73 Å². The predicted octanol–water partition coefficient (Wildman–Crippen LogP) is 1.43. The van der Waals surface area contributed by atoms with Crippen LogP contribution >= 0.6 is 12.4 Å². The molecule has 1 aromatic rings. The zero-order valence-electron chi connectivity index (χ0n) is 8.57. The third kappa shape index (κ3) is 3.75. The molecule has 0 spiro atoms. The minimum atomic E-state index is -0.935. The smallest absolute Gasteiger partial charge is 0.322 e. The zero-order valence-corrected chi connectivity index (χ0v) is 9.39. The van der Waals surface area contributed by atoms with Crippen molar-refractivity contribution in [3.63, 3.8) is 0 Å². The van der Waals surface area contributed by atoms with E-state index in [0.29, 0.717) is 0 Å². The summed E-state index contributed by atoms with van der Waals surface area (Å²) in [6, 6.07) is 2.19. The van der Waals surface area contributed by atoms with Crippen LogP contribution in [-0.2, 0) is 16.0 Å². The maximum atomic E-state index is 13.1. The summed E-state index contributed by atoms with van der Waals surface area (Å²) in [6.45, 7) is 0. The second kappa shape index (κ2) is 6.40. The molecule has 0 aliphatic carbocycles. The lowest BCUT2D eigenvalue weighted by Gasteiger charge is -2.09. The van der Waals surface area contributed by atoms with E-state index in [9.17, 15) is 13.6 Å². The summed E-state index contributed by atoms with van der Waals surface area (Å²) >= 11 is 0. The molecule has 16 heavy (non-hydrogen) atoms. The minimum absolute atomic E-state index is 0. The SMILES string of the molecule is COC(=O)[C@@H](N)Cc1ccc(F)cc1F.Cl. The first-order chi connectivity index (χ1) is 7.04. The number of nitrogens with two attached hydrogens (primary N) is 1. The number of carbonyl (C=O) groups is 1. The molecule has 0 aliphatic heterocycles. The van der Waals surface area contributed by atoms with Gasteiger partial charge in [0.05, 0.1) is 7.11 Å². The Hall–Kier alpha value is -1.20. The van der Waals surface area contributed by atoms with Crippen LogP contribution in [0.5, 0.6) is 0 Å². The molecule has 0 radical (unpaired) electrons. The van der Waals surface area contributed by atoms with Gasteiger partial charge in [-0.3, -0.25) is 4.79 Å². The molecule has 1 atom stereocenters. The van der Waals surface area contributed by atoms with E-state index in [1.165, 1.54) is 13.2 Å². The number of benzene rings is 1. The zero-order chi connectivity index (χ0) is 11.4. The highest BCUT2D eigenvalue weighted by Crippen LogP contribution is 2.11. The van der Waals surface area contributed by atoms with Crippen LogP contribution in [0.2, 0.25) is 0 Å². The van der Waals surface area contributed by atoms with Gasteiger partial charge in [-0.2, -0.15) is 0 Å². The van der Waals surface area contributed by atoms with Crippen LogP contribution in [0.4, 0.5) is 8.78 Å². The Labute approximate surface area is 98.0 Å². The molecule has 0 bridgehead atoms. The van der Waals surface area contributed by atoms with Gasteiger partial charge < -0.3 is 10.5 Å². The predicted molar refractivity (Wildman–Crippen MR) is 57.3 cm³/mol. The van der Waals surface area contributed by atoms with Gasteiger partial charge >= 0.3 is 5.97 Å². The van der Waals surface area contributed by atoms with E-state index in [-0.39, 0.29) is 24.4 Å². The first kappa shape index (κ1) is 14.8. The molecule has 1 aromatic carbocycles. The second-order valence-corrected chi connectivity index (χ2v) is 3.07. The largest absolute Gasteiger partial charge is 0.468 e. The maximum Gasteiger partial charge on any atom is 0.322 e. The molecule has 0 fully saturated rings. The molecule has 1 rings (SSSR count). The summed E-state index contributed by atoms with van der Waals surface area (Å²) in [5.74, 6) is -2.00. The van der Waals surface area contributed by atoms with Gasteiger partial charge in [0.1, 0.15) is 17.7 Å². The monoisotopic (exact) mass is 251 g/mol. The number of halogens is 3. The summed E-state index contributed by atoms with van der Waals surface area (Å²) in [4.78, 5) is 11.0. The number of esters is 1. The second-order valence-electron chi connectivity index (χ2n) is 3.07. The molecule has 90 valence electrons. The standard InChI is InChI=1S/C10H11F2NO2.ClH/c1-15-10(14)9(13)4-6-2-3-7(11)5-8(6)12;/h2-3,5,9H,4,13H2,1H3;1H/t9-;/m0./s1. The molecular formula is C10H12ClF2NO2. The summed E-state index contributed by atoms with van der Waals surface area (Å²) < 4.78 is 30.1. The molecule has 0 aromatic heterocycles. The third-order valence-electron chi connectivity index (χ3n) is 1.96. The van der Waals surface area contributed by atoms with Crippen molar-refractivity contribution in [2.24, 2.45) is 5.73 Å². The molecule has 0 saturated carbocycles. The molecule has 0 saturated heterocycles. The van der Waals surface area contributed by atoms with Gasteiger partial charge in [0.15, 0.2) is 0 Å². The fourth-order valence-electron chi connectivity index (χ4n) is 1.16. The molecule has 0 aliphatic rings. The Bertz CT molecular complexity index is 374. The van der Waals surface area contributed by atoms with Crippen molar-refractivity contribution in [3.05, 3.63) is 35.4 Å². The third-order valence-corrected chi connectivity index (χ3v) is 1.96. The van der Waals surface area contributed by atoms with E-state index >= 15 is 0 Å². The van der Waals surface area contributed by atoms with Crippen LogP contribution in [0.15, 0.2) is 18.2 Å².